The number of hydrogen-bond acceptors (Lipinski definition) is 1. The molecule has 0 fully saturated rings. The topological polar surface area (TPSA) is 53.1 Å². The average Bonchev–Trinajstić information content (AvgIpc) is 2.24. The molecule has 0 radical (unpaired) electrons. The average molecular weight is 405 g/mol. The molecule has 0 aliphatic rings. The minimum absolute atomic E-state index is 0.234. The summed E-state index contributed by atoms with van der Waals surface area (Å²) in [5.41, 5.74) is 1.32. The van der Waals surface area contributed by atoms with Crippen LogP contribution >= 0.6 is 45.2 Å². The van der Waals surface area contributed by atoms with Crippen LogP contribution in [-0.2, 0) is 0 Å². The zero-order chi connectivity index (χ0) is 10.2. The molecule has 0 bridgehead atoms. The highest BCUT2D eigenvalue weighted by Gasteiger charge is 2.21. The number of H-pyrrole nitrogens is 1. The van der Waals surface area contributed by atoms with E-state index in [2.05, 4.69) is 27.6 Å². The van der Waals surface area contributed by atoms with Crippen molar-refractivity contribution in [3.63, 3.8) is 0 Å². The first-order valence-corrected chi connectivity index (χ1v) is 5.91. The Balaban J connectivity index is 3.38. The van der Waals surface area contributed by atoms with Gasteiger partial charge in [-0.05, 0) is 51.1 Å². The smallest absolute Gasteiger partial charge is 0.338 e. The summed E-state index contributed by atoms with van der Waals surface area (Å²) in [6.07, 6.45) is 0. The van der Waals surface area contributed by atoms with Crippen molar-refractivity contribution in [2.45, 2.75) is 19.8 Å². The van der Waals surface area contributed by atoms with Crippen molar-refractivity contribution in [3.8, 4) is 0 Å². The van der Waals surface area contributed by atoms with Crippen LogP contribution in [0, 0.1) is 7.40 Å². The standard InChI is InChI=1S/C8H9I2NO2/c1-3(2)4-5(8(12)13)7(10)11-6(4)9/h3,11H,1-2H3,(H,12,13). The van der Waals surface area contributed by atoms with Crippen molar-refractivity contribution in [1.29, 1.82) is 0 Å². The number of carbonyl (C=O) groups is 1. The molecule has 0 aliphatic carbocycles. The van der Waals surface area contributed by atoms with Crippen LogP contribution in [0.1, 0.15) is 35.7 Å². The second-order valence-electron chi connectivity index (χ2n) is 3.00. The molecule has 2 N–H and O–H groups in total. The molecule has 13 heavy (non-hydrogen) atoms. The summed E-state index contributed by atoms with van der Waals surface area (Å²) >= 11 is 4.15. The molecule has 0 saturated carbocycles. The molecule has 0 saturated heterocycles. The zero-order valence-corrected chi connectivity index (χ0v) is 11.5. The Morgan fingerprint density at radius 1 is 1.38 bits per heavy atom. The summed E-state index contributed by atoms with van der Waals surface area (Å²) in [5.74, 6) is -0.620. The minimum atomic E-state index is -0.854. The number of rotatable bonds is 2. The van der Waals surface area contributed by atoms with Gasteiger partial charge in [-0.2, -0.15) is 0 Å². The van der Waals surface area contributed by atoms with E-state index < -0.39 is 5.97 Å². The van der Waals surface area contributed by atoms with Crippen LogP contribution in [0.4, 0.5) is 0 Å². The molecule has 0 spiro atoms. The predicted octanol–water partition coefficient (Wildman–Crippen LogP) is 3.05. The third kappa shape index (κ3) is 2.17. The Morgan fingerprint density at radius 3 is 2.23 bits per heavy atom. The molecule has 1 heterocycles. The number of carboxylic acids is 1. The van der Waals surface area contributed by atoms with E-state index in [-0.39, 0.29) is 5.92 Å². The molecular formula is C8H9I2NO2. The molecule has 0 aromatic carbocycles. The van der Waals surface area contributed by atoms with Crippen LogP contribution in [0.15, 0.2) is 0 Å². The van der Waals surface area contributed by atoms with Gasteiger partial charge in [0.2, 0.25) is 0 Å². The van der Waals surface area contributed by atoms with Gasteiger partial charge >= 0.3 is 5.97 Å². The summed E-state index contributed by atoms with van der Waals surface area (Å²) in [6, 6.07) is 0. The van der Waals surface area contributed by atoms with Crippen LogP contribution in [0.25, 0.3) is 0 Å². The Hall–Kier alpha value is 0.210. The molecule has 1 aromatic rings. The first kappa shape index (κ1) is 11.3. The van der Waals surface area contributed by atoms with Crippen LogP contribution in [0.5, 0.6) is 0 Å². The highest BCUT2D eigenvalue weighted by Crippen LogP contribution is 2.28. The number of nitrogens with one attached hydrogen (secondary N) is 1. The minimum Gasteiger partial charge on any atom is -0.478 e. The number of aromatic nitrogens is 1. The molecule has 0 amide bonds. The summed E-state index contributed by atoms with van der Waals surface area (Å²) in [4.78, 5) is 14.0. The summed E-state index contributed by atoms with van der Waals surface area (Å²) in [7, 11) is 0. The van der Waals surface area contributed by atoms with E-state index in [1.165, 1.54) is 0 Å². The van der Waals surface area contributed by atoms with Crippen molar-refractivity contribution >= 4 is 51.2 Å². The summed E-state index contributed by atoms with van der Waals surface area (Å²) in [6.45, 7) is 3.99. The van der Waals surface area contributed by atoms with Gasteiger partial charge in [0.25, 0.3) is 0 Å². The maximum absolute atomic E-state index is 10.9. The first-order valence-electron chi connectivity index (χ1n) is 3.75. The highest BCUT2D eigenvalue weighted by atomic mass is 127. The van der Waals surface area contributed by atoms with Crippen molar-refractivity contribution in [2.75, 3.05) is 0 Å². The van der Waals surface area contributed by atoms with Crippen molar-refractivity contribution in [3.05, 3.63) is 18.5 Å². The fraction of sp³-hybridized carbons (Fsp3) is 0.375. The van der Waals surface area contributed by atoms with Gasteiger partial charge in [0.15, 0.2) is 0 Å². The maximum Gasteiger partial charge on any atom is 0.338 e. The number of aromatic carboxylic acids is 1. The Kier molecular flexibility index (Phi) is 3.61. The molecule has 0 atom stereocenters. The normalized spacial score (nSPS) is 10.8. The van der Waals surface area contributed by atoms with Crippen molar-refractivity contribution < 1.29 is 9.90 Å². The Bertz CT molecular complexity index is 344. The second-order valence-corrected chi connectivity index (χ2v) is 5.16. The van der Waals surface area contributed by atoms with Gasteiger partial charge in [0.05, 0.1) is 13.0 Å². The maximum atomic E-state index is 10.9. The number of hydrogen-bond donors (Lipinski definition) is 2. The van der Waals surface area contributed by atoms with E-state index in [0.717, 1.165) is 9.26 Å². The van der Waals surface area contributed by atoms with E-state index in [4.69, 9.17) is 5.11 Å². The molecule has 0 unspecified atom stereocenters. The number of halogens is 2. The van der Waals surface area contributed by atoms with Gasteiger partial charge < -0.3 is 10.1 Å². The fourth-order valence-corrected chi connectivity index (χ4v) is 3.67. The Labute approximate surface area is 104 Å². The highest BCUT2D eigenvalue weighted by molar-refractivity contribution is 14.1. The van der Waals surface area contributed by atoms with Crippen LogP contribution in [-0.4, -0.2) is 16.1 Å². The molecule has 0 aliphatic heterocycles. The van der Waals surface area contributed by atoms with E-state index >= 15 is 0 Å². The third-order valence-corrected chi connectivity index (χ3v) is 3.40. The lowest BCUT2D eigenvalue weighted by atomic mass is 10.0. The Morgan fingerprint density at radius 2 is 1.92 bits per heavy atom. The number of carboxylic acid groups (broad SMARTS) is 1. The van der Waals surface area contributed by atoms with E-state index in [0.29, 0.717) is 9.26 Å². The molecule has 1 rings (SSSR count). The summed E-state index contributed by atoms with van der Waals surface area (Å²) in [5, 5.41) is 8.98. The van der Waals surface area contributed by atoms with Gasteiger partial charge in [-0.1, -0.05) is 13.8 Å². The largest absolute Gasteiger partial charge is 0.478 e. The van der Waals surface area contributed by atoms with Gasteiger partial charge in [0.1, 0.15) is 0 Å². The van der Waals surface area contributed by atoms with E-state index in [1.807, 2.05) is 36.4 Å². The van der Waals surface area contributed by atoms with Crippen LogP contribution in [0.2, 0.25) is 0 Å². The van der Waals surface area contributed by atoms with E-state index in [1.54, 1.807) is 0 Å². The van der Waals surface area contributed by atoms with Crippen molar-refractivity contribution in [1.82, 2.24) is 4.98 Å². The predicted molar refractivity (Wildman–Crippen MR) is 67.3 cm³/mol. The van der Waals surface area contributed by atoms with Gasteiger partial charge in [0, 0.05) is 5.56 Å². The quantitative estimate of drug-likeness (QED) is 0.744. The van der Waals surface area contributed by atoms with Gasteiger partial charge in [-0.25, -0.2) is 4.79 Å². The zero-order valence-electron chi connectivity index (χ0n) is 7.19. The first-order chi connectivity index (χ1) is 5.95. The molecule has 3 nitrogen and oxygen atoms in total. The van der Waals surface area contributed by atoms with Gasteiger partial charge in [-0.15, -0.1) is 0 Å². The monoisotopic (exact) mass is 405 g/mol. The second kappa shape index (κ2) is 4.16. The molecule has 72 valence electrons. The number of aromatic amines is 1. The molecule has 5 heteroatoms. The van der Waals surface area contributed by atoms with Gasteiger partial charge in [-0.3, -0.25) is 0 Å². The van der Waals surface area contributed by atoms with Crippen LogP contribution in [0.3, 0.4) is 0 Å². The lowest BCUT2D eigenvalue weighted by Gasteiger charge is -2.04. The molecular weight excluding hydrogens is 396 g/mol. The summed E-state index contributed by atoms with van der Waals surface area (Å²) < 4.78 is 1.63. The lowest BCUT2D eigenvalue weighted by molar-refractivity contribution is 0.0694. The lowest BCUT2D eigenvalue weighted by Crippen LogP contribution is -2.03. The van der Waals surface area contributed by atoms with Crippen molar-refractivity contribution in [2.24, 2.45) is 0 Å². The molecule has 1 aromatic heterocycles. The fourth-order valence-electron chi connectivity index (χ4n) is 1.21. The third-order valence-electron chi connectivity index (χ3n) is 1.74. The van der Waals surface area contributed by atoms with Crippen LogP contribution < -0.4 is 0 Å². The van der Waals surface area contributed by atoms with E-state index in [9.17, 15) is 4.79 Å². The SMILES string of the molecule is CC(C)c1c(I)[nH]c(I)c1C(=O)O.